The first-order valence-corrected chi connectivity index (χ1v) is 5.21. The summed E-state index contributed by atoms with van der Waals surface area (Å²) in [5, 5.41) is 10.6. The maximum Gasteiger partial charge on any atom is 0.200 e. The van der Waals surface area contributed by atoms with E-state index in [-0.39, 0.29) is 0 Å². The van der Waals surface area contributed by atoms with Gasteiger partial charge in [-0.15, -0.1) is 0 Å². The van der Waals surface area contributed by atoms with E-state index >= 15 is 0 Å². The molecule has 0 aliphatic carbocycles. The van der Waals surface area contributed by atoms with Crippen molar-refractivity contribution >= 4 is 11.5 Å². The summed E-state index contributed by atoms with van der Waals surface area (Å²) in [4.78, 5) is 0. The predicted molar refractivity (Wildman–Crippen MR) is 61.7 cm³/mol. The van der Waals surface area contributed by atoms with Gasteiger partial charge < -0.3 is 15.8 Å². The molecule has 0 radical (unpaired) electrons. The number of nitrogens with zero attached hydrogens (tertiary/aromatic N) is 2. The Morgan fingerprint density at radius 1 is 1.50 bits per heavy atom. The van der Waals surface area contributed by atoms with Crippen LogP contribution in [0.5, 0.6) is 0 Å². The lowest BCUT2D eigenvalue weighted by Crippen LogP contribution is -2.11. The second-order valence-corrected chi connectivity index (χ2v) is 3.43. The van der Waals surface area contributed by atoms with Crippen molar-refractivity contribution in [3.63, 3.8) is 0 Å². The molecule has 6 heteroatoms. The summed E-state index contributed by atoms with van der Waals surface area (Å²) >= 11 is 0. The Balaban J connectivity index is 2.78. The molecule has 0 saturated heterocycles. The van der Waals surface area contributed by atoms with E-state index < -0.39 is 0 Å². The Hall–Kier alpha value is -1.56. The molecule has 0 saturated carbocycles. The highest BCUT2D eigenvalue weighted by Gasteiger charge is 2.13. The molecule has 0 unspecified atom stereocenters. The van der Waals surface area contributed by atoms with E-state index in [2.05, 4.69) is 20.3 Å². The van der Waals surface area contributed by atoms with E-state index in [0.717, 1.165) is 12.0 Å². The summed E-state index contributed by atoms with van der Waals surface area (Å²) in [6.45, 7) is 5.22. The van der Waals surface area contributed by atoms with Gasteiger partial charge in [-0.2, -0.15) is 0 Å². The van der Waals surface area contributed by atoms with Gasteiger partial charge in [0.05, 0.1) is 12.3 Å². The first-order valence-electron chi connectivity index (χ1n) is 5.21. The maximum absolute atomic E-state index is 5.94. The smallest absolute Gasteiger partial charge is 0.200 e. The largest absolute Gasteiger partial charge is 0.397 e. The van der Waals surface area contributed by atoms with Crippen LogP contribution >= 0.6 is 0 Å². The molecule has 90 valence electrons. The third-order valence-electron chi connectivity index (χ3n) is 2.33. The fourth-order valence-electron chi connectivity index (χ4n) is 1.15. The number of hydrogen-bond donors (Lipinski definition) is 2. The van der Waals surface area contributed by atoms with E-state index in [1.807, 2.05) is 13.8 Å². The maximum atomic E-state index is 5.94. The zero-order chi connectivity index (χ0) is 12.0. The third kappa shape index (κ3) is 2.96. The van der Waals surface area contributed by atoms with Crippen LogP contribution in [0.3, 0.4) is 0 Å². The van der Waals surface area contributed by atoms with E-state index in [9.17, 15) is 0 Å². The molecule has 6 nitrogen and oxygen atoms in total. The zero-order valence-electron chi connectivity index (χ0n) is 9.91. The minimum atomic E-state index is 0.558. The molecular weight excluding hydrogens is 208 g/mol. The first-order chi connectivity index (χ1) is 7.70. The van der Waals surface area contributed by atoms with Crippen LogP contribution in [0.1, 0.15) is 26.0 Å². The Labute approximate surface area is 94.8 Å². The van der Waals surface area contributed by atoms with Gasteiger partial charge in [-0.3, -0.25) is 0 Å². The Morgan fingerprint density at radius 2 is 2.25 bits per heavy atom. The van der Waals surface area contributed by atoms with Crippen molar-refractivity contribution in [2.45, 2.75) is 20.3 Å². The number of nitrogens with one attached hydrogen (secondary N) is 1. The van der Waals surface area contributed by atoms with Gasteiger partial charge in [-0.1, -0.05) is 6.92 Å². The van der Waals surface area contributed by atoms with E-state index in [1.54, 1.807) is 7.11 Å². The molecule has 0 spiro atoms. The standard InChI is InChI=1S/C10H18N4O2/c1-4-7(2)8(11)9-10(14-16-13-9)12-5-6-15-3/h4-6,11H2,1-3H3,(H,12,14)/b8-7+. The number of allylic oxidation sites excluding steroid dienone is 1. The molecule has 1 rings (SSSR count). The summed E-state index contributed by atoms with van der Waals surface area (Å²) in [6, 6.07) is 0. The normalized spacial score (nSPS) is 12.4. The van der Waals surface area contributed by atoms with Gasteiger partial charge in [0.25, 0.3) is 0 Å². The van der Waals surface area contributed by atoms with Gasteiger partial charge in [-0.25, -0.2) is 4.63 Å². The van der Waals surface area contributed by atoms with Crippen LogP contribution in [0.15, 0.2) is 10.2 Å². The molecule has 16 heavy (non-hydrogen) atoms. The Morgan fingerprint density at radius 3 is 2.88 bits per heavy atom. The van der Waals surface area contributed by atoms with Gasteiger partial charge in [0.2, 0.25) is 5.82 Å². The summed E-state index contributed by atoms with van der Waals surface area (Å²) in [5.41, 5.74) is 8.18. The van der Waals surface area contributed by atoms with Crippen molar-refractivity contribution in [3.8, 4) is 0 Å². The van der Waals surface area contributed by atoms with Crippen LogP contribution in [0.4, 0.5) is 5.82 Å². The fraction of sp³-hybridized carbons (Fsp3) is 0.600. The van der Waals surface area contributed by atoms with Crippen molar-refractivity contribution in [2.75, 3.05) is 25.6 Å². The average Bonchev–Trinajstić information content (AvgIpc) is 2.75. The van der Waals surface area contributed by atoms with Crippen molar-refractivity contribution in [2.24, 2.45) is 5.73 Å². The summed E-state index contributed by atoms with van der Waals surface area (Å²) in [5.74, 6) is 0.558. The summed E-state index contributed by atoms with van der Waals surface area (Å²) in [7, 11) is 1.64. The number of anilines is 1. The minimum absolute atomic E-state index is 0.558. The molecule has 1 heterocycles. The molecule has 1 aromatic rings. The van der Waals surface area contributed by atoms with Crippen LogP contribution in [-0.4, -0.2) is 30.6 Å². The van der Waals surface area contributed by atoms with Crippen molar-refractivity contribution < 1.29 is 9.37 Å². The number of nitrogens with two attached hydrogens (primary N) is 1. The summed E-state index contributed by atoms with van der Waals surface area (Å²) < 4.78 is 9.60. The first kappa shape index (κ1) is 12.5. The Bertz CT molecular complexity index is 359. The second kappa shape index (κ2) is 6.12. The van der Waals surface area contributed by atoms with E-state index in [4.69, 9.17) is 10.5 Å². The lowest BCUT2D eigenvalue weighted by molar-refractivity contribution is 0.210. The Kier molecular flexibility index (Phi) is 4.78. The van der Waals surface area contributed by atoms with Crippen LogP contribution in [0, 0.1) is 0 Å². The van der Waals surface area contributed by atoms with Crippen LogP contribution in [0.2, 0.25) is 0 Å². The third-order valence-corrected chi connectivity index (χ3v) is 2.33. The van der Waals surface area contributed by atoms with Crippen LogP contribution in [0.25, 0.3) is 5.70 Å². The highest BCUT2D eigenvalue weighted by molar-refractivity contribution is 5.70. The molecule has 0 aliphatic heterocycles. The molecule has 0 atom stereocenters. The van der Waals surface area contributed by atoms with Gasteiger partial charge >= 0.3 is 0 Å². The predicted octanol–water partition coefficient (Wildman–Crippen LogP) is 1.23. The topological polar surface area (TPSA) is 86.2 Å². The molecule has 0 amide bonds. The van der Waals surface area contributed by atoms with Crippen molar-refractivity contribution in [1.29, 1.82) is 0 Å². The number of rotatable bonds is 6. The second-order valence-electron chi connectivity index (χ2n) is 3.43. The SMILES string of the molecule is CC/C(C)=C(/N)c1nonc1NCCOC. The number of hydrogen-bond acceptors (Lipinski definition) is 6. The van der Waals surface area contributed by atoms with Crippen LogP contribution in [-0.2, 0) is 4.74 Å². The van der Waals surface area contributed by atoms with Crippen molar-refractivity contribution in [3.05, 3.63) is 11.3 Å². The molecular formula is C10H18N4O2. The molecule has 1 aromatic heterocycles. The van der Waals surface area contributed by atoms with Gasteiger partial charge in [0.15, 0.2) is 5.69 Å². The minimum Gasteiger partial charge on any atom is -0.397 e. The van der Waals surface area contributed by atoms with Crippen LogP contribution < -0.4 is 11.1 Å². The highest BCUT2D eigenvalue weighted by Crippen LogP contribution is 2.19. The van der Waals surface area contributed by atoms with E-state index in [1.165, 1.54) is 0 Å². The van der Waals surface area contributed by atoms with E-state index in [0.29, 0.717) is 30.4 Å². The van der Waals surface area contributed by atoms with Gasteiger partial charge in [0, 0.05) is 13.7 Å². The van der Waals surface area contributed by atoms with Gasteiger partial charge in [0.1, 0.15) is 0 Å². The number of aromatic nitrogens is 2. The van der Waals surface area contributed by atoms with Gasteiger partial charge in [-0.05, 0) is 29.2 Å². The number of ether oxygens (including phenoxy) is 1. The molecule has 3 N–H and O–H groups in total. The number of methoxy groups -OCH3 is 1. The highest BCUT2D eigenvalue weighted by atomic mass is 16.6. The molecule has 0 aromatic carbocycles. The van der Waals surface area contributed by atoms with Crippen molar-refractivity contribution in [1.82, 2.24) is 10.3 Å². The fourth-order valence-corrected chi connectivity index (χ4v) is 1.15. The monoisotopic (exact) mass is 226 g/mol. The molecule has 0 aliphatic rings. The summed E-state index contributed by atoms with van der Waals surface area (Å²) in [6.07, 6.45) is 0.871. The lowest BCUT2D eigenvalue weighted by Gasteiger charge is -2.05. The average molecular weight is 226 g/mol. The lowest BCUT2D eigenvalue weighted by atomic mass is 10.1. The zero-order valence-corrected chi connectivity index (χ0v) is 9.91. The molecule has 0 fully saturated rings. The molecule has 0 bridgehead atoms. The quantitative estimate of drug-likeness (QED) is 0.709.